The van der Waals surface area contributed by atoms with Gasteiger partial charge in [-0.3, -0.25) is 0 Å². The average Bonchev–Trinajstić information content (AvgIpc) is 2.85. The lowest BCUT2D eigenvalue weighted by molar-refractivity contribution is 0.435. The Morgan fingerprint density at radius 2 is 1.78 bits per heavy atom. The van der Waals surface area contributed by atoms with E-state index in [9.17, 15) is 0 Å². The van der Waals surface area contributed by atoms with Crippen LogP contribution in [0, 0.1) is 0 Å². The molecule has 2 aromatic rings. The van der Waals surface area contributed by atoms with Gasteiger partial charge < -0.3 is 9.73 Å². The van der Waals surface area contributed by atoms with Gasteiger partial charge in [-0.05, 0) is 36.8 Å². The van der Waals surface area contributed by atoms with Crippen molar-refractivity contribution in [1.29, 1.82) is 0 Å². The second-order valence-electron chi connectivity index (χ2n) is 4.38. The predicted octanol–water partition coefficient (Wildman–Crippen LogP) is 4.35. The van der Waals surface area contributed by atoms with Gasteiger partial charge in [-0.25, -0.2) is 0 Å². The lowest BCUT2D eigenvalue weighted by Gasteiger charge is -2.13. The molecule has 1 heterocycles. The minimum atomic E-state index is 0.275. The topological polar surface area (TPSA) is 25.2 Å². The van der Waals surface area contributed by atoms with Crippen molar-refractivity contribution in [3.05, 3.63) is 58.5 Å². The van der Waals surface area contributed by atoms with Crippen molar-refractivity contribution < 1.29 is 4.42 Å². The number of benzene rings is 1. The zero-order valence-corrected chi connectivity index (χ0v) is 11.5. The third-order valence-corrected chi connectivity index (χ3v) is 3.27. The number of hydrogen-bond acceptors (Lipinski definition) is 2. The van der Waals surface area contributed by atoms with Crippen LogP contribution in [0.5, 0.6) is 0 Å². The summed E-state index contributed by atoms with van der Waals surface area (Å²) in [4.78, 5) is 0. The van der Waals surface area contributed by atoms with Gasteiger partial charge in [0.25, 0.3) is 0 Å². The second-order valence-corrected chi connectivity index (χ2v) is 4.81. The largest absolute Gasteiger partial charge is 0.465 e. The van der Waals surface area contributed by atoms with Crippen LogP contribution in [0.4, 0.5) is 0 Å². The molecule has 0 aliphatic heterocycles. The molecule has 0 radical (unpaired) electrons. The molecule has 2 rings (SSSR count). The van der Waals surface area contributed by atoms with Gasteiger partial charge in [0, 0.05) is 17.5 Å². The number of furan rings is 1. The molecule has 0 aliphatic carbocycles. The van der Waals surface area contributed by atoms with E-state index in [2.05, 4.69) is 19.2 Å². The Morgan fingerprint density at radius 3 is 2.39 bits per heavy atom. The SMILES string of the molecule is CCc1ccc(CN[C@H](C)c2ccc(Cl)cc2)o1. The van der Waals surface area contributed by atoms with Crippen molar-refractivity contribution in [2.24, 2.45) is 0 Å². The molecule has 0 spiro atoms. The maximum atomic E-state index is 5.87. The molecule has 1 aromatic heterocycles. The summed E-state index contributed by atoms with van der Waals surface area (Å²) in [5.74, 6) is 2.01. The predicted molar refractivity (Wildman–Crippen MR) is 74.8 cm³/mol. The van der Waals surface area contributed by atoms with Crippen LogP contribution < -0.4 is 5.32 Å². The molecule has 0 fully saturated rings. The van der Waals surface area contributed by atoms with Gasteiger partial charge >= 0.3 is 0 Å². The molecule has 0 saturated carbocycles. The summed E-state index contributed by atoms with van der Waals surface area (Å²) in [7, 11) is 0. The highest BCUT2D eigenvalue weighted by atomic mass is 35.5. The van der Waals surface area contributed by atoms with Crippen LogP contribution in [-0.4, -0.2) is 0 Å². The van der Waals surface area contributed by atoms with E-state index in [1.807, 2.05) is 36.4 Å². The number of rotatable bonds is 5. The highest BCUT2D eigenvalue weighted by Crippen LogP contribution is 2.17. The first-order valence-electron chi connectivity index (χ1n) is 6.25. The standard InChI is InChI=1S/C15H18ClNO/c1-3-14-8-9-15(18-14)10-17-11(2)12-4-6-13(16)7-5-12/h4-9,11,17H,3,10H2,1-2H3/t11-/m1/s1. The molecule has 0 saturated heterocycles. The lowest BCUT2D eigenvalue weighted by atomic mass is 10.1. The normalized spacial score (nSPS) is 12.6. The number of nitrogens with one attached hydrogen (secondary N) is 1. The molecule has 3 heteroatoms. The van der Waals surface area contributed by atoms with Gasteiger partial charge in [0.2, 0.25) is 0 Å². The highest BCUT2D eigenvalue weighted by molar-refractivity contribution is 6.30. The molecular weight excluding hydrogens is 246 g/mol. The Hall–Kier alpha value is -1.25. The van der Waals surface area contributed by atoms with Crippen LogP contribution in [-0.2, 0) is 13.0 Å². The van der Waals surface area contributed by atoms with Crippen LogP contribution in [0.25, 0.3) is 0 Å². The van der Waals surface area contributed by atoms with Gasteiger partial charge in [0.15, 0.2) is 0 Å². The van der Waals surface area contributed by atoms with E-state index in [4.69, 9.17) is 16.0 Å². The van der Waals surface area contributed by atoms with E-state index >= 15 is 0 Å². The van der Waals surface area contributed by atoms with Crippen molar-refractivity contribution in [2.45, 2.75) is 32.9 Å². The lowest BCUT2D eigenvalue weighted by Crippen LogP contribution is -2.17. The smallest absolute Gasteiger partial charge is 0.117 e. The van der Waals surface area contributed by atoms with E-state index in [-0.39, 0.29) is 6.04 Å². The van der Waals surface area contributed by atoms with E-state index < -0.39 is 0 Å². The van der Waals surface area contributed by atoms with E-state index in [1.54, 1.807) is 0 Å². The monoisotopic (exact) mass is 263 g/mol. The maximum absolute atomic E-state index is 5.87. The molecular formula is C15H18ClNO. The Morgan fingerprint density at radius 1 is 1.11 bits per heavy atom. The summed E-state index contributed by atoms with van der Waals surface area (Å²) in [5.41, 5.74) is 1.22. The average molecular weight is 264 g/mol. The van der Waals surface area contributed by atoms with Gasteiger partial charge in [0.1, 0.15) is 11.5 Å². The molecule has 18 heavy (non-hydrogen) atoms. The maximum Gasteiger partial charge on any atom is 0.117 e. The third-order valence-electron chi connectivity index (χ3n) is 3.02. The Kier molecular flexibility index (Phi) is 4.45. The highest BCUT2D eigenvalue weighted by Gasteiger charge is 2.06. The molecule has 1 aromatic carbocycles. The van der Waals surface area contributed by atoms with Crippen LogP contribution in [0.1, 0.15) is 37.0 Å². The minimum Gasteiger partial charge on any atom is -0.465 e. The summed E-state index contributed by atoms with van der Waals surface area (Å²) < 4.78 is 5.65. The van der Waals surface area contributed by atoms with Crippen molar-refractivity contribution >= 4 is 11.6 Å². The van der Waals surface area contributed by atoms with Crippen LogP contribution in [0.2, 0.25) is 5.02 Å². The molecule has 0 unspecified atom stereocenters. The van der Waals surface area contributed by atoms with Gasteiger partial charge in [-0.2, -0.15) is 0 Å². The Bertz CT molecular complexity index is 489. The van der Waals surface area contributed by atoms with E-state index in [0.29, 0.717) is 0 Å². The van der Waals surface area contributed by atoms with E-state index in [0.717, 1.165) is 29.5 Å². The fraction of sp³-hybridized carbons (Fsp3) is 0.333. The molecule has 1 N–H and O–H groups in total. The van der Waals surface area contributed by atoms with Crippen molar-refractivity contribution in [1.82, 2.24) is 5.32 Å². The van der Waals surface area contributed by atoms with Crippen LogP contribution in [0.15, 0.2) is 40.8 Å². The summed E-state index contributed by atoms with van der Waals surface area (Å²) in [6.45, 7) is 4.96. The van der Waals surface area contributed by atoms with E-state index in [1.165, 1.54) is 5.56 Å². The Balaban J connectivity index is 1.91. The quantitative estimate of drug-likeness (QED) is 0.868. The first-order chi connectivity index (χ1) is 8.69. The first kappa shape index (κ1) is 13.2. The molecule has 0 aliphatic rings. The van der Waals surface area contributed by atoms with Crippen LogP contribution in [0.3, 0.4) is 0 Å². The Labute approximate surface area is 113 Å². The summed E-state index contributed by atoms with van der Waals surface area (Å²) in [6.07, 6.45) is 0.937. The number of hydrogen-bond donors (Lipinski definition) is 1. The fourth-order valence-corrected chi connectivity index (χ4v) is 1.96. The van der Waals surface area contributed by atoms with Crippen molar-refractivity contribution in [3.8, 4) is 0 Å². The summed E-state index contributed by atoms with van der Waals surface area (Å²) in [6, 6.07) is 12.2. The summed E-state index contributed by atoms with van der Waals surface area (Å²) >= 11 is 5.87. The second kappa shape index (κ2) is 6.07. The fourth-order valence-electron chi connectivity index (χ4n) is 1.83. The van der Waals surface area contributed by atoms with Crippen LogP contribution >= 0.6 is 11.6 Å². The van der Waals surface area contributed by atoms with Gasteiger partial charge in [0.05, 0.1) is 6.54 Å². The molecule has 1 atom stereocenters. The zero-order valence-electron chi connectivity index (χ0n) is 10.7. The van der Waals surface area contributed by atoms with Crippen molar-refractivity contribution in [2.75, 3.05) is 0 Å². The number of halogens is 1. The molecule has 0 bridgehead atoms. The zero-order chi connectivity index (χ0) is 13.0. The minimum absolute atomic E-state index is 0.275. The van der Waals surface area contributed by atoms with Gasteiger partial charge in [-0.1, -0.05) is 30.7 Å². The molecule has 96 valence electrons. The van der Waals surface area contributed by atoms with Gasteiger partial charge in [-0.15, -0.1) is 0 Å². The number of aryl methyl sites for hydroxylation is 1. The summed E-state index contributed by atoms with van der Waals surface area (Å²) in [5, 5.41) is 4.20. The molecule has 0 amide bonds. The third kappa shape index (κ3) is 3.37. The molecule has 2 nitrogen and oxygen atoms in total. The first-order valence-corrected chi connectivity index (χ1v) is 6.63. The van der Waals surface area contributed by atoms with Crippen molar-refractivity contribution in [3.63, 3.8) is 0 Å².